The van der Waals surface area contributed by atoms with Crippen LogP contribution in [-0.4, -0.2) is 255 Å². The van der Waals surface area contributed by atoms with Crippen molar-refractivity contribution >= 4 is 162 Å². The summed E-state index contributed by atoms with van der Waals surface area (Å²) < 4.78 is 89.1. The van der Waals surface area contributed by atoms with Gasteiger partial charge in [-0.15, -0.1) is 0 Å². The summed E-state index contributed by atoms with van der Waals surface area (Å²) in [6, 6.07) is 0. The molecule has 0 saturated carbocycles. The SMILES string of the molecule is C.C=CC(=O)OCCCCCCOC(=O)C=C.CC(=O)CC(=O)OCC(COC(=O)CC(C)=O)OC(=O)CC(C)=O.CCCC(=O)OCOC(=O)CCC(C(C)=O)C(=O)OCC(COC(=O)C(C)C(C)=O)OC(=O)C(CCC(=O)OCOC(=O)CCC(C(C)=O)C(=O)OC(COC(=O)C(C)C(C)=O)COC(=O)C(CCC(=O)OCOC(=O)CCC)C(C)=O)C(C)=O.[2H][B].[U]. The molecule has 0 bridgehead atoms. The van der Waals surface area contributed by atoms with Crippen molar-refractivity contribution < 1.29 is 236 Å². The molecule has 0 spiro atoms. The van der Waals surface area contributed by atoms with Crippen LogP contribution in [0.15, 0.2) is 25.3 Å². The molecule has 0 aromatic carbocycles. The molecule has 0 amide bonds. The van der Waals surface area contributed by atoms with E-state index in [-0.39, 0.29) is 63.3 Å². The molecule has 0 fully saturated rings. The zero-order valence-electron chi connectivity index (χ0n) is 74.6. The second-order valence-electron chi connectivity index (χ2n) is 27.3. The van der Waals surface area contributed by atoms with Gasteiger partial charge in [-0.2, -0.15) is 0 Å². The second-order valence-corrected chi connectivity index (χ2v) is 27.3. The van der Waals surface area contributed by atoms with Crippen molar-refractivity contribution in [3.05, 3.63) is 25.3 Å². The van der Waals surface area contributed by atoms with Gasteiger partial charge in [0.25, 0.3) is 0 Å². The van der Waals surface area contributed by atoms with Gasteiger partial charge in [-0.1, -0.05) is 34.4 Å². The number of rotatable bonds is 64. The molecular weight excluding hydrogens is 1930 g/mol. The van der Waals surface area contributed by atoms with Gasteiger partial charge in [-0.05, 0) is 142 Å². The molecule has 45 heteroatoms. The zero-order valence-corrected chi connectivity index (χ0v) is 77.8. The maximum Gasteiger partial charge on any atom is 0.330 e. The number of hydrogen-bond acceptors (Lipinski definition) is 43. The smallest absolute Gasteiger partial charge is 0.330 e. The van der Waals surface area contributed by atoms with Gasteiger partial charge in [0.15, 0.2) is 18.3 Å². The fourth-order valence-electron chi connectivity index (χ4n) is 8.98. The minimum absolute atomic E-state index is 0. The molecule has 43 nitrogen and oxygen atoms in total. The van der Waals surface area contributed by atoms with Crippen molar-refractivity contribution in [2.45, 2.75) is 238 Å². The summed E-state index contributed by atoms with van der Waals surface area (Å²) in [7, 11) is 3.75. The summed E-state index contributed by atoms with van der Waals surface area (Å²) >= 11 is 0. The Morgan fingerprint density at radius 1 is 0.289 bits per heavy atom. The first-order chi connectivity index (χ1) is 59.7. The van der Waals surface area contributed by atoms with Crippen LogP contribution in [0.2, 0.25) is 0 Å². The first-order valence-electron chi connectivity index (χ1n) is 39.9. The first kappa shape index (κ1) is 125. The van der Waals surface area contributed by atoms with Crippen LogP contribution in [0.1, 0.15) is 219 Å². The summed E-state index contributed by atoms with van der Waals surface area (Å²) in [5, 5.41) is 0. The molecule has 0 rings (SSSR count). The molecule has 0 aliphatic carbocycles. The maximum absolute atomic E-state index is 13.3. The average Bonchev–Trinajstić information content (AvgIpc) is 0.878. The van der Waals surface area contributed by atoms with Crippen LogP contribution in [0.3, 0.4) is 0 Å². The Labute approximate surface area is 767 Å². The number of carbonyl (C=O) groups is 26. The van der Waals surface area contributed by atoms with Crippen LogP contribution in [0.25, 0.3) is 0 Å². The molecule has 0 saturated heterocycles. The van der Waals surface area contributed by atoms with Gasteiger partial charge < -0.3 is 80.5 Å². The number of ether oxygens (including phenoxy) is 17. The van der Waals surface area contributed by atoms with E-state index in [0.29, 0.717) is 26.1 Å². The second kappa shape index (κ2) is 74.7. The Hall–Kier alpha value is -11.4. The van der Waals surface area contributed by atoms with Crippen LogP contribution in [-0.2, 0) is 205 Å². The van der Waals surface area contributed by atoms with Crippen molar-refractivity contribution in [3.63, 3.8) is 0 Å². The molecule has 8 unspecified atom stereocenters. The van der Waals surface area contributed by atoms with Gasteiger partial charge in [0, 0.05) is 90.2 Å². The molecule has 716 valence electrons. The van der Waals surface area contributed by atoms with Gasteiger partial charge in [0.05, 0.1) is 13.2 Å². The molecule has 128 heavy (non-hydrogen) atoms. The van der Waals surface area contributed by atoms with E-state index in [9.17, 15) is 125 Å². The van der Waals surface area contributed by atoms with Gasteiger partial charge >= 0.3 is 101 Å². The Morgan fingerprint density at radius 3 is 0.766 bits per heavy atom. The van der Waals surface area contributed by atoms with E-state index in [4.69, 9.17) is 81.9 Å². The van der Waals surface area contributed by atoms with Crippen LogP contribution in [0.4, 0.5) is 0 Å². The first-order valence-corrected chi connectivity index (χ1v) is 39.3. The number of hydrogen-bond donors (Lipinski definition) is 0. The van der Waals surface area contributed by atoms with Gasteiger partial charge in [0.2, 0.25) is 20.4 Å². The Balaban J connectivity index is -0.000000698. The van der Waals surface area contributed by atoms with Crippen LogP contribution in [0.5, 0.6) is 0 Å². The van der Waals surface area contributed by atoms with Gasteiger partial charge in [0.1, 0.15) is 146 Å². The quantitative estimate of drug-likeness (QED) is 0.0158. The van der Waals surface area contributed by atoms with E-state index in [1.165, 1.54) is 34.6 Å². The van der Waals surface area contributed by atoms with Crippen molar-refractivity contribution in [3.8, 4) is 0 Å². The normalized spacial score (nSPS) is 12.0. The van der Waals surface area contributed by atoms with E-state index in [2.05, 4.69) is 21.5 Å². The molecule has 0 aromatic rings. The fraction of sp³-hybridized carbons (Fsp3) is 0.639. The van der Waals surface area contributed by atoms with E-state index >= 15 is 0 Å². The summed E-state index contributed by atoms with van der Waals surface area (Å²) in [6.45, 7) is 16.2. The number of ketones is 9. The third kappa shape index (κ3) is 66.1. The number of Topliss-reactive ketones (excluding diaryl/α,β-unsaturated/α-hetero) is 9. The Morgan fingerprint density at radius 2 is 0.523 bits per heavy atom. The minimum Gasteiger partial charge on any atom is -0.463 e. The third-order valence-corrected chi connectivity index (χ3v) is 16.2. The molecule has 0 aliphatic heterocycles. The summed E-state index contributed by atoms with van der Waals surface area (Å²) in [6.07, 6.45) is -3.35. The zero-order chi connectivity index (χ0) is 97.9. The number of esters is 17. The standard InChI is InChI=1S/C55H76O30.C15H20O9.C12H18O4.CH4.BH.U/c1-11-13-44(62)78-27-80-46(64)19-15-40(34(7)58)52(70)76-25-38(23-74-50(68)30(3)32(5)56)84-54(72)42(36(9)60)17-21-48(66)82-29-83-49(67)22-18-43(37(10)61)55(73)85-39(24-75-51(69)31(4)33(6)57)26-77-53(71)41(35(8)59)16-20-47(65)81-28-79-45(63)14-12-2;1-9(16)4-13(19)22-7-12(24-15(21)6-11(3)18)8-23-14(20)5-10(2)17;1-3-11(13)15-9-7-5-6-8-10-16-12(14)4-2;;;/h30-31,38-43H,11-29H2,1-10H3;12H,4-8H2,1-3H3;3-4H,1-2,5-10H2;1H4;1H;/i;;;;1D;. The van der Waals surface area contributed by atoms with E-state index in [0.717, 1.165) is 79.4 Å². The number of carbonyl (C=O) groups excluding carboxylic acids is 26. The predicted molar refractivity (Wildman–Crippen MR) is 430 cm³/mol. The van der Waals surface area contributed by atoms with E-state index in [1.54, 1.807) is 13.8 Å². The van der Waals surface area contributed by atoms with Crippen LogP contribution in [0, 0.1) is 66.6 Å². The van der Waals surface area contributed by atoms with E-state index < -0.39 is 326 Å². The summed E-state index contributed by atoms with van der Waals surface area (Å²) in [5.41, 5.74) is 0. The van der Waals surface area contributed by atoms with Crippen molar-refractivity contribution in [1.29, 1.82) is 1.34 Å². The van der Waals surface area contributed by atoms with Crippen molar-refractivity contribution in [2.75, 3.05) is 73.2 Å². The minimum atomic E-state index is -1.71. The number of unbranched alkanes of at least 4 members (excludes halogenated alkanes) is 3. The molecule has 0 aliphatic rings. The molecule has 2 radical (unpaired) electrons. The van der Waals surface area contributed by atoms with Gasteiger partial charge in [-0.3, -0.25) is 115 Å². The van der Waals surface area contributed by atoms with Crippen molar-refractivity contribution in [1.82, 2.24) is 0 Å². The average molecular weight is 2050 g/mol. The maximum atomic E-state index is 13.3. The molecular formula is C83H119BO43U. The van der Waals surface area contributed by atoms with E-state index in [1.807, 2.05) is 0 Å². The molecule has 8 atom stereocenters. The Kier molecular flexibility index (Phi) is 73.0. The van der Waals surface area contributed by atoms with Gasteiger partial charge in [-0.25, -0.2) is 9.59 Å². The molecule has 0 N–H and O–H groups in total. The van der Waals surface area contributed by atoms with Crippen molar-refractivity contribution in [2.24, 2.45) is 35.5 Å². The topological polar surface area (TPSA) is 601 Å². The summed E-state index contributed by atoms with van der Waals surface area (Å²) in [4.78, 5) is 312. The van der Waals surface area contributed by atoms with Crippen LogP contribution >= 0.6 is 0 Å². The molecule has 0 heterocycles. The Bertz CT molecular complexity index is 3530. The molecule has 0 aromatic heterocycles. The monoisotopic (exact) mass is 2050 g/mol. The third-order valence-electron chi connectivity index (χ3n) is 16.2. The summed E-state index contributed by atoms with van der Waals surface area (Å²) in [5.74, 6) is -30.6. The van der Waals surface area contributed by atoms with Crippen LogP contribution < -0.4 is 0 Å². The fourth-order valence-corrected chi connectivity index (χ4v) is 8.98. The largest absolute Gasteiger partial charge is 0.463 e. The predicted octanol–water partition coefficient (Wildman–Crippen LogP) is 4.02.